The number of hydrogen-bond donors (Lipinski definition) is 0. The minimum Gasteiger partial charge on any atom is -0.298 e. The largest absolute Gasteiger partial charge is 0.298 e. The molecule has 0 amide bonds. The highest BCUT2D eigenvalue weighted by molar-refractivity contribution is 7.92. The third kappa shape index (κ3) is 2.40. The molecule has 0 radical (unpaired) electrons. The molecule has 0 spiro atoms. The van der Waals surface area contributed by atoms with Gasteiger partial charge in [0.1, 0.15) is 5.78 Å². The van der Waals surface area contributed by atoms with Gasteiger partial charge >= 0.3 is 0 Å². The van der Waals surface area contributed by atoms with E-state index in [0.29, 0.717) is 12.8 Å². The molecule has 2 aliphatic rings. The van der Waals surface area contributed by atoms with E-state index in [0.717, 1.165) is 19.3 Å². The van der Waals surface area contributed by atoms with Gasteiger partial charge in [-0.05, 0) is 32.6 Å². The number of hydrogen-bond acceptors (Lipinski definition) is 3. The second-order valence-corrected chi connectivity index (χ2v) is 7.51. The quantitative estimate of drug-likeness (QED) is 0.705. The summed E-state index contributed by atoms with van der Waals surface area (Å²) in [7, 11) is -2.94. The molecule has 2 atom stereocenters. The van der Waals surface area contributed by atoms with Crippen LogP contribution in [0.5, 0.6) is 0 Å². The smallest absolute Gasteiger partial charge is 0.156 e. The predicted octanol–water partition coefficient (Wildman–Crippen LogP) is 1.71. The Kier molecular flexibility index (Phi) is 3.58. The van der Waals surface area contributed by atoms with E-state index in [1.54, 1.807) is 6.92 Å². The summed E-state index contributed by atoms with van der Waals surface area (Å²) in [6.07, 6.45) is 3.81. The van der Waals surface area contributed by atoms with Crippen LogP contribution < -0.4 is 0 Å². The number of ketones is 1. The Hall–Kier alpha value is -0.820. The Morgan fingerprint density at radius 2 is 1.82 bits per heavy atom. The van der Waals surface area contributed by atoms with Crippen molar-refractivity contribution in [3.8, 4) is 11.8 Å². The van der Waals surface area contributed by atoms with Gasteiger partial charge in [0.2, 0.25) is 0 Å². The topological polar surface area (TPSA) is 51.2 Å². The lowest BCUT2D eigenvalue weighted by Gasteiger charge is -2.37. The summed E-state index contributed by atoms with van der Waals surface area (Å²) >= 11 is 0. The lowest BCUT2D eigenvalue weighted by atomic mass is 9.86. The van der Waals surface area contributed by atoms with Gasteiger partial charge in [0.05, 0.1) is 16.9 Å². The van der Waals surface area contributed by atoms with E-state index in [1.807, 2.05) is 0 Å². The summed E-state index contributed by atoms with van der Waals surface area (Å²) in [5.74, 6) is 5.55. The molecule has 4 heteroatoms. The normalized spacial score (nSPS) is 34.5. The Morgan fingerprint density at radius 3 is 2.35 bits per heavy atom. The van der Waals surface area contributed by atoms with Gasteiger partial charge in [-0.3, -0.25) is 4.79 Å². The maximum Gasteiger partial charge on any atom is 0.156 e. The number of fused-ring (bicyclic) bond motifs is 2. The van der Waals surface area contributed by atoms with Crippen LogP contribution in [0.25, 0.3) is 0 Å². The predicted molar refractivity (Wildman–Crippen MR) is 66.1 cm³/mol. The van der Waals surface area contributed by atoms with Gasteiger partial charge < -0.3 is 0 Å². The molecular weight excluding hydrogens is 236 g/mol. The average Bonchev–Trinajstić information content (AvgIpc) is 2.24. The van der Waals surface area contributed by atoms with E-state index in [2.05, 4.69) is 11.8 Å². The van der Waals surface area contributed by atoms with Gasteiger partial charge in [-0.1, -0.05) is 12.3 Å². The summed E-state index contributed by atoms with van der Waals surface area (Å²) in [5, 5.41) is -0.530. The maximum absolute atomic E-state index is 12.0. The second kappa shape index (κ2) is 4.81. The molecule has 2 saturated heterocycles. The van der Waals surface area contributed by atoms with Crippen LogP contribution in [0.2, 0.25) is 0 Å². The highest BCUT2D eigenvalue weighted by atomic mass is 32.2. The molecule has 0 aromatic heterocycles. The molecule has 0 N–H and O–H groups in total. The Bertz CT molecular complexity index is 447. The van der Waals surface area contributed by atoms with E-state index in [1.165, 1.54) is 0 Å². The first-order valence-electron chi connectivity index (χ1n) is 6.20. The van der Waals surface area contributed by atoms with Crippen molar-refractivity contribution in [3.63, 3.8) is 0 Å². The zero-order chi connectivity index (χ0) is 12.5. The van der Waals surface area contributed by atoms with Gasteiger partial charge in [-0.15, -0.1) is 5.92 Å². The fourth-order valence-electron chi connectivity index (χ4n) is 2.99. The SMILES string of the molecule is CC#CCC(=O)C1CC2CCCC(C1)S2(=O)=O. The standard InChI is InChI=1S/C13H18O3S/c1-2-3-7-13(14)10-8-11-5-4-6-12(9-10)17(11,15)16/h10-12H,4-9H2,1H3. The molecule has 0 aliphatic carbocycles. The molecule has 17 heavy (non-hydrogen) atoms. The van der Waals surface area contributed by atoms with Crippen molar-refractivity contribution in [3.05, 3.63) is 0 Å². The molecule has 2 bridgehead atoms. The second-order valence-electron chi connectivity index (χ2n) is 5.00. The van der Waals surface area contributed by atoms with Gasteiger partial charge in [0.15, 0.2) is 9.84 Å². The molecule has 2 heterocycles. The van der Waals surface area contributed by atoms with E-state index in [9.17, 15) is 13.2 Å². The van der Waals surface area contributed by atoms with Crippen molar-refractivity contribution < 1.29 is 13.2 Å². The average molecular weight is 254 g/mol. The first-order chi connectivity index (χ1) is 8.05. The number of carbonyl (C=O) groups is 1. The number of rotatable bonds is 2. The molecule has 2 unspecified atom stereocenters. The van der Waals surface area contributed by atoms with Crippen molar-refractivity contribution in [2.24, 2.45) is 5.92 Å². The maximum atomic E-state index is 12.0. The zero-order valence-electron chi connectivity index (χ0n) is 10.1. The molecule has 0 aromatic carbocycles. The fourth-order valence-corrected chi connectivity index (χ4v) is 5.53. The van der Waals surface area contributed by atoms with Gasteiger partial charge in [-0.2, -0.15) is 0 Å². The van der Waals surface area contributed by atoms with Crippen molar-refractivity contribution in [1.29, 1.82) is 0 Å². The van der Waals surface area contributed by atoms with Gasteiger partial charge in [0.25, 0.3) is 0 Å². The van der Waals surface area contributed by atoms with Crippen LogP contribution in [-0.2, 0) is 14.6 Å². The van der Waals surface area contributed by atoms with Crippen molar-refractivity contribution in [1.82, 2.24) is 0 Å². The summed E-state index contributed by atoms with van der Waals surface area (Å²) in [4.78, 5) is 11.9. The highest BCUT2D eigenvalue weighted by Gasteiger charge is 2.45. The van der Waals surface area contributed by atoms with E-state index in [-0.39, 0.29) is 28.6 Å². The first-order valence-corrected chi connectivity index (χ1v) is 7.81. The monoisotopic (exact) mass is 254 g/mol. The van der Waals surface area contributed by atoms with E-state index >= 15 is 0 Å². The van der Waals surface area contributed by atoms with Gasteiger partial charge in [-0.25, -0.2) is 8.42 Å². The van der Waals surface area contributed by atoms with Crippen LogP contribution in [0.15, 0.2) is 0 Å². The molecule has 2 rings (SSSR count). The lowest BCUT2D eigenvalue weighted by molar-refractivity contribution is -0.122. The van der Waals surface area contributed by atoms with Crippen LogP contribution in [0, 0.1) is 17.8 Å². The number of carbonyl (C=O) groups excluding carboxylic acids is 1. The third-order valence-corrected chi connectivity index (χ3v) is 6.69. The van der Waals surface area contributed by atoms with Crippen LogP contribution in [0.4, 0.5) is 0 Å². The third-order valence-electron chi connectivity index (χ3n) is 3.97. The van der Waals surface area contributed by atoms with E-state index < -0.39 is 9.84 Å². The van der Waals surface area contributed by atoms with Crippen molar-refractivity contribution in [2.75, 3.05) is 0 Å². The minimum absolute atomic E-state index is 0.0744. The molecule has 94 valence electrons. The lowest BCUT2D eigenvalue weighted by Crippen LogP contribution is -2.45. The molecule has 0 saturated carbocycles. The number of Topliss-reactive ketones (excluding diaryl/α,β-unsaturated/α-hetero) is 1. The summed E-state index contributed by atoms with van der Waals surface area (Å²) in [6.45, 7) is 1.72. The summed E-state index contributed by atoms with van der Waals surface area (Å²) in [6, 6.07) is 0. The Morgan fingerprint density at radius 1 is 1.24 bits per heavy atom. The van der Waals surface area contributed by atoms with Crippen molar-refractivity contribution >= 4 is 15.6 Å². The zero-order valence-corrected chi connectivity index (χ0v) is 10.9. The molecule has 3 nitrogen and oxygen atoms in total. The minimum atomic E-state index is -2.94. The fraction of sp³-hybridized carbons (Fsp3) is 0.769. The molecule has 2 fully saturated rings. The Labute approximate surface area is 103 Å². The van der Waals surface area contributed by atoms with E-state index in [4.69, 9.17) is 0 Å². The van der Waals surface area contributed by atoms with Crippen LogP contribution in [0.3, 0.4) is 0 Å². The van der Waals surface area contributed by atoms with Crippen LogP contribution in [0.1, 0.15) is 45.4 Å². The Balaban J connectivity index is 2.10. The van der Waals surface area contributed by atoms with Gasteiger partial charge in [0, 0.05) is 5.92 Å². The molecule has 0 aromatic rings. The number of sulfone groups is 1. The van der Waals surface area contributed by atoms with Crippen LogP contribution >= 0.6 is 0 Å². The summed E-state index contributed by atoms with van der Waals surface area (Å²) < 4.78 is 24.1. The van der Waals surface area contributed by atoms with Crippen LogP contribution in [-0.4, -0.2) is 24.7 Å². The molecular formula is C13H18O3S. The molecule has 2 aliphatic heterocycles. The summed E-state index contributed by atoms with van der Waals surface area (Å²) in [5.41, 5.74) is 0. The highest BCUT2D eigenvalue weighted by Crippen LogP contribution is 2.39. The first kappa shape index (κ1) is 12.6. The van der Waals surface area contributed by atoms with Crippen molar-refractivity contribution in [2.45, 2.75) is 55.9 Å².